The number of halogens is 3. The number of hydrogen-bond acceptors (Lipinski definition) is 3. The summed E-state index contributed by atoms with van der Waals surface area (Å²) < 4.78 is 43.9. The number of anilines is 1. The monoisotopic (exact) mass is 320 g/mol. The van der Waals surface area contributed by atoms with Crippen molar-refractivity contribution in [2.24, 2.45) is 0 Å². The molecule has 0 fully saturated rings. The molecule has 4 nitrogen and oxygen atoms in total. The van der Waals surface area contributed by atoms with Crippen LogP contribution in [-0.2, 0) is 11.0 Å². The second-order valence-corrected chi connectivity index (χ2v) is 4.62. The van der Waals surface area contributed by atoms with E-state index in [4.69, 9.17) is 9.68 Å². The fourth-order valence-corrected chi connectivity index (χ4v) is 1.85. The van der Waals surface area contributed by atoms with Gasteiger partial charge in [-0.25, -0.2) is 0 Å². The van der Waals surface area contributed by atoms with E-state index in [1.165, 1.54) is 18.2 Å². The molecule has 0 saturated carbocycles. The van der Waals surface area contributed by atoms with Gasteiger partial charge in [0.25, 0.3) is 5.91 Å². The van der Waals surface area contributed by atoms with E-state index in [9.17, 15) is 18.0 Å². The van der Waals surface area contributed by atoms with Gasteiger partial charge in [0.15, 0.2) is 0 Å². The second-order valence-electron chi connectivity index (χ2n) is 4.62. The predicted octanol–water partition coefficient (Wildman–Crippen LogP) is 4.15. The van der Waals surface area contributed by atoms with Crippen LogP contribution in [0.4, 0.5) is 18.9 Å². The van der Waals surface area contributed by atoms with Gasteiger partial charge in [-0.15, -0.1) is 0 Å². The first-order valence-corrected chi connectivity index (χ1v) is 6.47. The number of amides is 1. The molecule has 23 heavy (non-hydrogen) atoms. The van der Waals surface area contributed by atoms with Crippen molar-refractivity contribution in [1.82, 2.24) is 0 Å². The number of aryl methyl sites for hydroxylation is 1. The molecule has 1 amide bonds. The van der Waals surface area contributed by atoms with Crippen LogP contribution >= 0.6 is 0 Å². The number of nitrogens with zero attached hydrogens (tertiary/aromatic N) is 1. The van der Waals surface area contributed by atoms with Gasteiger partial charge < -0.3 is 9.73 Å². The van der Waals surface area contributed by atoms with Crippen molar-refractivity contribution < 1.29 is 22.4 Å². The molecule has 0 saturated heterocycles. The summed E-state index contributed by atoms with van der Waals surface area (Å²) in [5, 5.41) is 11.1. The quantitative estimate of drug-likeness (QED) is 0.682. The Balaban J connectivity index is 2.28. The maximum Gasteiger partial charge on any atom is 0.418 e. The third kappa shape index (κ3) is 4.01. The molecule has 118 valence electrons. The lowest BCUT2D eigenvalue weighted by molar-refractivity contribution is -0.137. The topological polar surface area (TPSA) is 66.0 Å². The highest BCUT2D eigenvalue weighted by Gasteiger charge is 2.33. The fourth-order valence-electron chi connectivity index (χ4n) is 1.85. The van der Waals surface area contributed by atoms with E-state index < -0.39 is 23.3 Å². The number of carbonyl (C=O) groups is 1. The molecule has 0 bridgehead atoms. The molecule has 0 unspecified atom stereocenters. The summed E-state index contributed by atoms with van der Waals surface area (Å²) in [4.78, 5) is 12.0. The molecular weight excluding hydrogens is 309 g/mol. The minimum Gasteiger partial charge on any atom is -0.462 e. The zero-order valence-corrected chi connectivity index (χ0v) is 11.9. The Morgan fingerprint density at radius 1 is 1.26 bits per heavy atom. The van der Waals surface area contributed by atoms with Crippen LogP contribution in [0.2, 0.25) is 0 Å². The Kier molecular flexibility index (Phi) is 4.55. The zero-order valence-electron chi connectivity index (χ0n) is 11.9. The van der Waals surface area contributed by atoms with Crippen molar-refractivity contribution in [2.75, 3.05) is 5.32 Å². The summed E-state index contributed by atoms with van der Waals surface area (Å²) in [5.41, 5.74) is -1.77. The molecule has 0 aliphatic heterocycles. The molecule has 0 aliphatic carbocycles. The predicted molar refractivity (Wildman–Crippen MR) is 77.1 cm³/mol. The molecule has 2 rings (SSSR count). The smallest absolute Gasteiger partial charge is 0.418 e. The maximum atomic E-state index is 12.9. The van der Waals surface area contributed by atoms with Gasteiger partial charge in [0, 0.05) is 6.08 Å². The SMILES string of the molecule is Cc1ccc(/C=C(/C#N)C(=O)Nc2ccccc2C(F)(F)F)o1. The normalized spacial score (nSPS) is 11.9. The largest absolute Gasteiger partial charge is 0.462 e. The van der Waals surface area contributed by atoms with Gasteiger partial charge >= 0.3 is 6.18 Å². The summed E-state index contributed by atoms with van der Waals surface area (Å²) in [6.07, 6.45) is -3.45. The van der Waals surface area contributed by atoms with Crippen molar-refractivity contribution in [3.8, 4) is 6.07 Å². The Bertz CT molecular complexity index is 798. The molecule has 1 heterocycles. The van der Waals surface area contributed by atoms with Crippen molar-refractivity contribution in [3.63, 3.8) is 0 Å². The summed E-state index contributed by atoms with van der Waals surface area (Å²) in [6.45, 7) is 1.68. The lowest BCUT2D eigenvalue weighted by Gasteiger charge is -2.13. The molecule has 0 atom stereocenters. The van der Waals surface area contributed by atoms with E-state index in [0.717, 1.165) is 12.1 Å². The first-order valence-electron chi connectivity index (χ1n) is 6.47. The van der Waals surface area contributed by atoms with Gasteiger partial charge in [-0.2, -0.15) is 18.4 Å². The van der Waals surface area contributed by atoms with Crippen LogP contribution in [0, 0.1) is 18.3 Å². The number of carbonyl (C=O) groups excluding carboxylic acids is 1. The van der Waals surface area contributed by atoms with E-state index in [-0.39, 0.29) is 11.3 Å². The van der Waals surface area contributed by atoms with Crippen molar-refractivity contribution in [2.45, 2.75) is 13.1 Å². The number of rotatable bonds is 3. The molecule has 0 aliphatic rings. The van der Waals surface area contributed by atoms with Crippen molar-refractivity contribution >= 4 is 17.7 Å². The molecule has 2 aromatic rings. The number of nitriles is 1. The lowest BCUT2D eigenvalue weighted by Crippen LogP contribution is -2.17. The number of para-hydroxylation sites is 1. The van der Waals surface area contributed by atoms with Gasteiger partial charge in [0.2, 0.25) is 0 Å². The van der Waals surface area contributed by atoms with Crippen LogP contribution in [-0.4, -0.2) is 5.91 Å². The van der Waals surface area contributed by atoms with Crippen molar-refractivity contribution in [3.05, 3.63) is 59.1 Å². The average molecular weight is 320 g/mol. The molecule has 1 aromatic heterocycles. The van der Waals surface area contributed by atoms with Gasteiger partial charge in [-0.1, -0.05) is 12.1 Å². The average Bonchev–Trinajstić information content (AvgIpc) is 2.89. The lowest BCUT2D eigenvalue weighted by atomic mass is 10.1. The highest BCUT2D eigenvalue weighted by atomic mass is 19.4. The molecule has 0 spiro atoms. The zero-order chi connectivity index (χ0) is 17.0. The highest BCUT2D eigenvalue weighted by molar-refractivity contribution is 6.09. The van der Waals surface area contributed by atoms with E-state index in [1.54, 1.807) is 25.1 Å². The molecule has 7 heteroatoms. The van der Waals surface area contributed by atoms with Gasteiger partial charge in [-0.05, 0) is 31.2 Å². The molecular formula is C16H11F3N2O2. The van der Waals surface area contributed by atoms with Crippen LogP contribution in [0.25, 0.3) is 6.08 Å². The van der Waals surface area contributed by atoms with Crippen molar-refractivity contribution in [1.29, 1.82) is 5.26 Å². The number of benzene rings is 1. The van der Waals surface area contributed by atoms with Gasteiger partial charge in [0.1, 0.15) is 23.2 Å². The first-order chi connectivity index (χ1) is 10.8. The van der Waals surface area contributed by atoms with Crippen LogP contribution in [0.1, 0.15) is 17.1 Å². The Hall–Kier alpha value is -3.01. The summed E-state index contributed by atoms with van der Waals surface area (Å²) in [6, 6.07) is 9.37. The van der Waals surface area contributed by atoms with Crippen LogP contribution < -0.4 is 5.32 Å². The Labute approximate surface area is 129 Å². The highest BCUT2D eigenvalue weighted by Crippen LogP contribution is 2.34. The number of furan rings is 1. The summed E-state index contributed by atoms with van der Waals surface area (Å²) in [5.74, 6) is -0.104. The number of hydrogen-bond donors (Lipinski definition) is 1. The third-order valence-electron chi connectivity index (χ3n) is 2.89. The maximum absolute atomic E-state index is 12.9. The number of nitrogens with one attached hydrogen (secondary N) is 1. The molecule has 0 radical (unpaired) electrons. The first kappa shape index (κ1) is 16.4. The van der Waals surface area contributed by atoms with E-state index >= 15 is 0 Å². The summed E-state index contributed by atoms with van der Waals surface area (Å²) in [7, 11) is 0. The van der Waals surface area contributed by atoms with Crippen LogP contribution in [0.15, 0.2) is 46.4 Å². The van der Waals surface area contributed by atoms with Gasteiger partial charge in [0.05, 0.1) is 11.3 Å². The Morgan fingerprint density at radius 2 is 1.96 bits per heavy atom. The van der Waals surface area contributed by atoms with E-state index in [2.05, 4.69) is 5.32 Å². The molecule has 1 aromatic carbocycles. The van der Waals surface area contributed by atoms with E-state index in [0.29, 0.717) is 5.76 Å². The molecule has 1 N–H and O–H groups in total. The number of alkyl halides is 3. The summed E-state index contributed by atoms with van der Waals surface area (Å²) >= 11 is 0. The minimum absolute atomic E-state index is 0.262. The standard InChI is InChI=1S/C16H11F3N2O2/c1-10-6-7-12(23-10)8-11(9-20)15(22)21-14-5-3-2-4-13(14)16(17,18)19/h2-8H,1H3,(H,21,22)/b11-8-. The second kappa shape index (κ2) is 6.40. The van der Waals surface area contributed by atoms with Gasteiger partial charge in [-0.3, -0.25) is 4.79 Å². The minimum atomic E-state index is -4.61. The fraction of sp³-hybridized carbons (Fsp3) is 0.125. The Morgan fingerprint density at radius 3 is 2.52 bits per heavy atom. The van der Waals surface area contributed by atoms with Crippen LogP contribution in [0.3, 0.4) is 0 Å². The van der Waals surface area contributed by atoms with E-state index in [1.807, 2.05) is 0 Å². The third-order valence-corrected chi connectivity index (χ3v) is 2.89. The van der Waals surface area contributed by atoms with Crippen LogP contribution in [0.5, 0.6) is 0 Å².